The molecular weight excluding hydrogens is 282 g/mol. The van der Waals surface area contributed by atoms with Gasteiger partial charge in [-0.15, -0.1) is 0 Å². The van der Waals surface area contributed by atoms with Crippen molar-refractivity contribution in [1.82, 2.24) is 4.90 Å². The molecule has 3 N–H and O–H groups in total. The van der Waals surface area contributed by atoms with E-state index in [-0.39, 0.29) is 23.6 Å². The molecule has 1 aromatic carbocycles. The van der Waals surface area contributed by atoms with Crippen LogP contribution in [0.4, 0.5) is 5.69 Å². The highest BCUT2D eigenvalue weighted by Gasteiger charge is 2.27. The predicted octanol–water partition coefficient (Wildman–Crippen LogP) is 1.15. The summed E-state index contributed by atoms with van der Waals surface area (Å²) in [7, 11) is 0. The van der Waals surface area contributed by atoms with Crippen molar-refractivity contribution in [3.63, 3.8) is 0 Å². The summed E-state index contributed by atoms with van der Waals surface area (Å²) >= 11 is 0. The summed E-state index contributed by atoms with van der Waals surface area (Å²) in [6.45, 7) is 4.36. The van der Waals surface area contributed by atoms with Crippen molar-refractivity contribution in [3.05, 3.63) is 42.5 Å². The number of amides is 3. The summed E-state index contributed by atoms with van der Waals surface area (Å²) < 4.78 is 0. The third-order valence-electron chi connectivity index (χ3n) is 3.70. The Labute approximate surface area is 129 Å². The van der Waals surface area contributed by atoms with Crippen LogP contribution in [0, 0.1) is 5.92 Å². The van der Waals surface area contributed by atoms with E-state index in [1.807, 2.05) is 0 Å². The van der Waals surface area contributed by atoms with Crippen LogP contribution in [0.1, 0.15) is 23.2 Å². The lowest BCUT2D eigenvalue weighted by molar-refractivity contribution is -0.123. The summed E-state index contributed by atoms with van der Waals surface area (Å²) in [5.74, 6) is -1.07. The molecule has 0 saturated carbocycles. The van der Waals surface area contributed by atoms with E-state index < -0.39 is 0 Å². The first kappa shape index (κ1) is 15.8. The number of carbonyl (C=O) groups is 3. The quantitative estimate of drug-likeness (QED) is 0.817. The summed E-state index contributed by atoms with van der Waals surface area (Å²) in [5, 5.41) is 2.62. The summed E-state index contributed by atoms with van der Waals surface area (Å²) in [6.07, 6.45) is 2.68. The Morgan fingerprint density at radius 2 is 1.95 bits per heavy atom. The number of nitrogens with two attached hydrogens (primary N) is 1. The van der Waals surface area contributed by atoms with Crippen molar-refractivity contribution in [2.75, 3.05) is 18.4 Å². The topological polar surface area (TPSA) is 92.5 Å². The Bertz CT molecular complexity index is 595. The molecule has 2 rings (SSSR count). The van der Waals surface area contributed by atoms with Gasteiger partial charge in [0.25, 0.3) is 5.91 Å². The lowest BCUT2D eigenvalue weighted by atomic mass is 9.97. The molecule has 1 atom stereocenters. The van der Waals surface area contributed by atoms with Gasteiger partial charge in [0.15, 0.2) is 0 Å². The molecule has 1 heterocycles. The number of likely N-dealkylation sites (tertiary alicyclic amines) is 1. The van der Waals surface area contributed by atoms with Crippen LogP contribution >= 0.6 is 0 Å². The molecule has 1 aliphatic rings. The summed E-state index contributed by atoms with van der Waals surface area (Å²) in [4.78, 5) is 36.5. The van der Waals surface area contributed by atoms with Crippen LogP contribution in [0.25, 0.3) is 0 Å². The monoisotopic (exact) mass is 301 g/mol. The highest BCUT2D eigenvalue weighted by atomic mass is 16.2. The van der Waals surface area contributed by atoms with Crippen molar-refractivity contribution in [2.24, 2.45) is 11.7 Å². The third-order valence-corrected chi connectivity index (χ3v) is 3.70. The fourth-order valence-electron chi connectivity index (χ4n) is 2.47. The third kappa shape index (κ3) is 3.72. The van der Waals surface area contributed by atoms with Gasteiger partial charge in [-0.3, -0.25) is 14.4 Å². The zero-order valence-corrected chi connectivity index (χ0v) is 12.2. The smallest absolute Gasteiger partial charge is 0.253 e. The highest BCUT2D eigenvalue weighted by molar-refractivity contribution is 5.99. The van der Waals surface area contributed by atoms with Gasteiger partial charge in [0.05, 0.1) is 5.92 Å². The second-order valence-electron chi connectivity index (χ2n) is 5.26. The first-order valence-electron chi connectivity index (χ1n) is 7.13. The maximum Gasteiger partial charge on any atom is 0.253 e. The van der Waals surface area contributed by atoms with Crippen molar-refractivity contribution in [1.29, 1.82) is 0 Å². The Kier molecular flexibility index (Phi) is 4.93. The van der Waals surface area contributed by atoms with Gasteiger partial charge in [-0.25, -0.2) is 0 Å². The molecule has 0 radical (unpaired) electrons. The van der Waals surface area contributed by atoms with Crippen LogP contribution in [0.15, 0.2) is 36.9 Å². The van der Waals surface area contributed by atoms with E-state index >= 15 is 0 Å². The second kappa shape index (κ2) is 6.89. The van der Waals surface area contributed by atoms with Crippen molar-refractivity contribution in [3.8, 4) is 0 Å². The molecule has 1 unspecified atom stereocenters. The molecule has 6 nitrogen and oxygen atoms in total. The van der Waals surface area contributed by atoms with Crippen molar-refractivity contribution >= 4 is 23.4 Å². The number of piperidine rings is 1. The van der Waals surface area contributed by atoms with Gasteiger partial charge in [-0.05, 0) is 43.2 Å². The molecule has 1 saturated heterocycles. The van der Waals surface area contributed by atoms with E-state index in [1.54, 1.807) is 29.2 Å². The highest BCUT2D eigenvalue weighted by Crippen LogP contribution is 2.19. The number of hydrogen-bond donors (Lipinski definition) is 2. The van der Waals surface area contributed by atoms with Crippen molar-refractivity contribution < 1.29 is 14.4 Å². The second-order valence-corrected chi connectivity index (χ2v) is 5.26. The van der Waals surface area contributed by atoms with Crippen molar-refractivity contribution in [2.45, 2.75) is 12.8 Å². The lowest BCUT2D eigenvalue weighted by Gasteiger charge is -2.31. The molecule has 0 aromatic heterocycles. The predicted molar refractivity (Wildman–Crippen MR) is 83.1 cm³/mol. The molecular formula is C16H19N3O3. The number of primary amides is 1. The van der Waals surface area contributed by atoms with Gasteiger partial charge < -0.3 is 16.0 Å². The maximum absolute atomic E-state index is 12.4. The number of benzene rings is 1. The number of carbonyl (C=O) groups excluding carboxylic acids is 3. The number of nitrogens with zero attached hydrogens (tertiary/aromatic N) is 1. The zero-order valence-electron chi connectivity index (χ0n) is 12.2. The van der Waals surface area contributed by atoms with Gasteiger partial charge in [-0.2, -0.15) is 0 Å². The van der Waals surface area contributed by atoms with Crippen LogP contribution in [-0.4, -0.2) is 35.7 Å². The molecule has 22 heavy (non-hydrogen) atoms. The molecule has 116 valence electrons. The molecule has 0 aliphatic carbocycles. The van der Waals surface area contributed by atoms with E-state index in [2.05, 4.69) is 11.9 Å². The van der Waals surface area contributed by atoms with Gasteiger partial charge in [-0.1, -0.05) is 6.58 Å². The van der Waals surface area contributed by atoms with Gasteiger partial charge in [0.1, 0.15) is 0 Å². The Hall–Kier alpha value is -2.63. The molecule has 1 aliphatic heterocycles. The van der Waals surface area contributed by atoms with Gasteiger partial charge in [0, 0.05) is 24.3 Å². The molecule has 0 bridgehead atoms. The lowest BCUT2D eigenvalue weighted by Crippen LogP contribution is -2.44. The molecule has 3 amide bonds. The molecule has 6 heteroatoms. The maximum atomic E-state index is 12.4. The molecule has 1 fully saturated rings. The minimum Gasteiger partial charge on any atom is -0.369 e. The number of nitrogens with one attached hydrogen (secondary N) is 1. The zero-order chi connectivity index (χ0) is 16.1. The number of anilines is 1. The standard InChI is InChI=1S/C16H19N3O3/c1-2-14(20)18-13-7-5-11(6-8-13)16(22)19-9-3-4-12(10-19)15(17)21/h2,5-8,12H,1,3-4,9-10H2,(H2,17,21)(H,18,20). The Morgan fingerprint density at radius 3 is 2.55 bits per heavy atom. The first-order chi connectivity index (χ1) is 10.5. The normalized spacial score (nSPS) is 17.6. The average Bonchev–Trinajstić information content (AvgIpc) is 2.55. The Balaban J connectivity index is 2.04. The summed E-state index contributed by atoms with van der Waals surface area (Å²) in [5.41, 5.74) is 6.43. The van der Waals surface area contributed by atoms with E-state index in [0.717, 1.165) is 12.8 Å². The van der Waals surface area contributed by atoms with Crippen LogP contribution in [0.2, 0.25) is 0 Å². The van der Waals surface area contributed by atoms with Crippen LogP contribution in [-0.2, 0) is 9.59 Å². The van der Waals surface area contributed by atoms with E-state index in [9.17, 15) is 14.4 Å². The minimum absolute atomic E-state index is 0.132. The fourth-order valence-corrected chi connectivity index (χ4v) is 2.47. The van der Waals surface area contributed by atoms with Gasteiger partial charge in [0.2, 0.25) is 11.8 Å². The summed E-state index contributed by atoms with van der Waals surface area (Å²) in [6, 6.07) is 6.61. The van der Waals surface area contributed by atoms with E-state index in [4.69, 9.17) is 5.73 Å². The van der Waals surface area contributed by atoms with E-state index in [1.165, 1.54) is 6.08 Å². The van der Waals surface area contributed by atoms with Crippen LogP contribution in [0.3, 0.4) is 0 Å². The SMILES string of the molecule is C=CC(=O)Nc1ccc(C(=O)N2CCCC(C(N)=O)C2)cc1. The first-order valence-corrected chi connectivity index (χ1v) is 7.13. The minimum atomic E-state index is -0.361. The van der Waals surface area contributed by atoms with Crippen LogP contribution < -0.4 is 11.1 Å². The number of rotatable bonds is 4. The van der Waals surface area contributed by atoms with Gasteiger partial charge >= 0.3 is 0 Å². The van der Waals surface area contributed by atoms with E-state index in [0.29, 0.717) is 24.3 Å². The average molecular weight is 301 g/mol. The largest absolute Gasteiger partial charge is 0.369 e. The number of hydrogen-bond acceptors (Lipinski definition) is 3. The molecule has 0 spiro atoms. The fraction of sp³-hybridized carbons (Fsp3) is 0.312. The van der Waals surface area contributed by atoms with Crippen LogP contribution in [0.5, 0.6) is 0 Å². The Morgan fingerprint density at radius 1 is 1.27 bits per heavy atom. The molecule has 1 aromatic rings.